The van der Waals surface area contributed by atoms with Gasteiger partial charge in [0.15, 0.2) is 4.75 Å². The quantitative estimate of drug-likeness (QED) is 0.759. The molecule has 0 bridgehead atoms. The number of rotatable bonds is 6. The van der Waals surface area contributed by atoms with E-state index in [-0.39, 0.29) is 5.92 Å². The monoisotopic (exact) mass is 398 g/mol. The van der Waals surface area contributed by atoms with E-state index in [1.807, 2.05) is 19.1 Å². The molecule has 2 atom stereocenters. The summed E-state index contributed by atoms with van der Waals surface area (Å²) >= 11 is 0. The van der Waals surface area contributed by atoms with Gasteiger partial charge in [0.05, 0.1) is 5.69 Å². The number of anilines is 2. The Hall–Kier alpha value is -2.80. The van der Waals surface area contributed by atoms with Crippen LogP contribution in [-0.4, -0.2) is 32.2 Å². The maximum atomic E-state index is 13.2. The average molecular weight is 398 g/mol. The Morgan fingerprint density at radius 2 is 1.93 bits per heavy atom. The molecule has 7 heteroatoms. The lowest BCUT2D eigenvalue weighted by Gasteiger charge is -2.23. The molecule has 2 aromatic rings. The molecule has 4 rings (SSSR count). The highest BCUT2D eigenvalue weighted by atomic mass is 32.2. The van der Waals surface area contributed by atoms with Crippen LogP contribution in [0, 0.1) is 12.8 Å². The van der Waals surface area contributed by atoms with Crippen LogP contribution in [0.4, 0.5) is 11.4 Å². The van der Waals surface area contributed by atoms with Gasteiger partial charge >= 0.3 is 0 Å². The van der Waals surface area contributed by atoms with E-state index in [1.165, 1.54) is 4.31 Å². The Morgan fingerprint density at radius 3 is 2.57 bits per heavy atom. The number of amides is 1. The van der Waals surface area contributed by atoms with Gasteiger partial charge in [-0.2, -0.15) is 0 Å². The van der Waals surface area contributed by atoms with Crippen LogP contribution in [0.15, 0.2) is 61.2 Å². The number of fused-ring (bicyclic) bond motifs is 1. The van der Waals surface area contributed by atoms with Gasteiger partial charge in [-0.1, -0.05) is 30.4 Å². The molecule has 0 spiro atoms. The van der Waals surface area contributed by atoms with E-state index >= 15 is 0 Å². The molecule has 6 nitrogen and oxygen atoms in total. The first-order valence-electron chi connectivity index (χ1n) is 9.12. The highest BCUT2D eigenvalue weighted by molar-refractivity contribution is 7.95. The van der Waals surface area contributed by atoms with Crippen LogP contribution < -0.4 is 14.4 Å². The lowest BCUT2D eigenvalue weighted by atomic mass is 10.2. The second kappa shape index (κ2) is 6.67. The molecule has 2 fully saturated rings. The van der Waals surface area contributed by atoms with Gasteiger partial charge < -0.3 is 10.1 Å². The Morgan fingerprint density at radius 1 is 1.25 bits per heavy atom. The SMILES string of the molecule is C=CCOc1ccc(NC(=O)[C@]23C[C@@H]2CN(c2ccc(C)cc2)S3(=O)=O)cc1. The maximum Gasteiger partial charge on any atom is 0.250 e. The van der Waals surface area contributed by atoms with Crippen LogP contribution >= 0.6 is 0 Å². The van der Waals surface area contributed by atoms with Crippen molar-refractivity contribution in [1.82, 2.24) is 0 Å². The van der Waals surface area contributed by atoms with E-state index in [9.17, 15) is 13.2 Å². The van der Waals surface area contributed by atoms with Gasteiger partial charge in [-0.15, -0.1) is 0 Å². The summed E-state index contributed by atoms with van der Waals surface area (Å²) in [6, 6.07) is 14.2. The van der Waals surface area contributed by atoms with Gasteiger partial charge in [-0.25, -0.2) is 8.42 Å². The molecule has 0 aromatic heterocycles. The van der Waals surface area contributed by atoms with Crippen LogP contribution in [0.5, 0.6) is 5.75 Å². The normalized spacial score (nSPS) is 24.3. The molecule has 28 heavy (non-hydrogen) atoms. The number of aryl methyl sites for hydroxylation is 1. The lowest BCUT2D eigenvalue weighted by molar-refractivity contribution is -0.116. The number of hydrogen-bond acceptors (Lipinski definition) is 4. The first-order chi connectivity index (χ1) is 13.4. The van der Waals surface area contributed by atoms with E-state index in [0.29, 0.717) is 36.7 Å². The molecule has 2 aromatic carbocycles. The third-order valence-electron chi connectivity index (χ3n) is 5.37. The highest BCUT2D eigenvalue weighted by Crippen LogP contribution is 2.58. The molecular formula is C21H22N2O4S. The standard InChI is InChI=1S/C21H22N2O4S/c1-3-12-27-19-10-6-17(7-11-19)22-20(24)21-13-16(21)14-23(28(21,25)26)18-8-4-15(2)5-9-18/h3-11,16H,1,12-14H2,2H3,(H,22,24)/t16-,21+/m1/s1. The molecule has 1 N–H and O–H groups in total. The maximum absolute atomic E-state index is 13.2. The number of nitrogens with one attached hydrogen (secondary N) is 1. The first kappa shape index (κ1) is 18.6. The third kappa shape index (κ3) is 2.86. The van der Waals surface area contributed by atoms with E-state index < -0.39 is 20.7 Å². The summed E-state index contributed by atoms with van der Waals surface area (Å²) in [4.78, 5) is 12.9. The minimum atomic E-state index is -3.77. The Labute approximate surface area is 164 Å². The number of sulfonamides is 1. The van der Waals surface area contributed by atoms with Gasteiger partial charge in [0, 0.05) is 18.2 Å². The van der Waals surface area contributed by atoms with Gasteiger partial charge in [0.2, 0.25) is 15.9 Å². The molecule has 146 valence electrons. The molecule has 2 aliphatic rings. The highest BCUT2D eigenvalue weighted by Gasteiger charge is 2.75. The second-order valence-electron chi connectivity index (χ2n) is 7.24. The summed E-state index contributed by atoms with van der Waals surface area (Å²) in [7, 11) is -3.77. The Kier molecular flexibility index (Phi) is 4.42. The summed E-state index contributed by atoms with van der Waals surface area (Å²) in [6.07, 6.45) is 2.01. The summed E-state index contributed by atoms with van der Waals surface area (Å²) in [5.41, 5.74) is 2.20. The third-order valence-corrected chi connectivity index (χ3v) is 7.92. The predicted octanol–water partition coefficient (Wildman–Crippen LogP) is 3.11. The fourth-order valence-corrected chi connectivity index (χ4v) is 6.07. The average Bonchev–Trinajstić information content (AvgIpc) is 3.37. The first-order valence-corrected chi connectivity index (χ1v) is 10.6. The fourth-order valence-electron chi connectivity index (χ4n) is 3.71. The van der Waals surface area contributed by atoms with Crippen molar-refractivity contribution in [2.24, 2.45) is 5.92 Å². The van der Waals surface area contributed by atoms with Crippen LogP contribution in [0.25, 0.3) is 0 Å². The van der Waals surface area contributed by atoms with Crippen molar-refractivity contribution in [3.05, 3.63) is 66.7 Å². The minimum absolute atomic E-state index is 0.186. The molecule has 1 saturated heterocycles. The van der Waals surface area contributed by atoms with Crippen LogP contribution in [0.3, 0.4) is 0 Å². The molecule has 1 aliphatic carbocycles. The minimum Gasteiger partial charge on any atom is -0.490 e. The summed E-state index contributed by atoms with van der Waals surface area (Å²) in [5, 5.41) is 2.77. The number of ether oxygens (including phenoxy) is 1. The predicted molar refractivity (Wildman–Crippen MR) is 109 cm³/mol. The van der Waals surface area contributed by atoms with Crippen molar-refractivity contribution in [2.75, 3.05) is 22.8 Å². The summed E-state index contributed by atoms with van der Waals surface area (Å²) in [6.45, 7) is 6.27. The largest absolute Gasteiger partial charge is 0.490 e. The van der Waals surface area contributed by atoms with E-state index in [2.05, 4.69) is 11.9 Å². The molecule has 1 amide bonds. The molecule has 1 aliphatic heterocycles. The van der Waals surface area contributed by atoms with Crippen molar-refractivity contribution < 1.29 is 17.9 Å². The van der Waals surface area contributed by atoms with Crippen molar-refractivity contribution in [3.8, 4) is 5.75 Å². The Balaban J connectivity index is 1.52. The van der Waals surface area contributed by atoms with Crippen molar-refractivity contribution in [3.63, 3.8) is 0 Å². The van der Waals surface area contributed by atoms with E-state index in [1.54, 1.807) is 42.5 Å². The van der Waals surface area contributed by atoms with Crippen LogP contribution in [0.1, 0.15) is 12.0 Å². The van der Waals surface area contributed by atoms with E-state index in [0.717, 1.165) is 5.56 Å². The summed E-state index contributed by atoms with van der Waals surface area (Å²) < 4.78 is 31.8. The van der Waals surface area contributed by atoms with Crippen molar-refractivity contribution in [2.45, 2.75) is 18.1 Å². The molecular weight excluding hydrogens is 376 g/mol. The second-order valence-corrected chi connectivity index (χ2v) is 9.36. The zero-order chi connectivity index (χ0) is 19.9. The van der Waals surface area contributed by atoms with Gasteiger partial charge in [0.1, 0.15) is 12.4 Å². The Bertz CT molecular complexity index is 1020. The van der Waals surface area contributed by atoms with Crippen molar-refractivity contribution in [1.29, 1.82) is 0 Å². The zero-order valence-corrected chi connectivity index (χ0v) is 16.4. The molecule has 1 saturated carbocycles. The van der Waals surface area contributed by atoms with E-state index in [4.69, 9.17) is 4.74 Å². The van der Waals surface area contributed by atoms with Crippen molar-refractivity contribution >= 4 is 27.3 Å². The molecule has 0 radical (unpaired) electrons. The molecule has 0 unspecified atom stereocenters. The fraction of sp³-hybridized carbons (Fsp3) is 0.286. The molecule has 1 heterocycles. The van der Waals surface area contributed by atoms with Crippen LogP contribution in [-0.2, 0) is 14.8 Å². The number of benzene rings is 2. The van der Waals surface area contributed by atoms with Crippen LogP contribution in [0.2, 0.25) is 0 Å². The smallest absolute Gasteiger partial charge is 0.250 e. The topological polar surface area (TPSA) is 75.7 Å². The zero-order valence-electron chi connectivity index (χ0n) is 15.6. The van der Waals surface area contributed by atoms with Gasteiger partial charge in [0.25, 0.3) is 0 Å². The summed E-state index contributed by atoms with van der Waals surface area (Å²) in [5.74, 6) is 0.000248. The van der Waals surface area contributed by atoms with Gasteiger partial charge in [-0.3, -0.25) is 9.10 Å². The van der Waals surface area contributed by atoms with Gasteiger partial charge in [-0.05, 0) is 49.7 Å². The number of carbonyl (C=O) groups excluding carboxylic acids is 1. The lowest BCUT2D eigenvalue weighted by Crippen LogP contribution is -2.42. The number of nitrogens with zero attached hydrogens (tertiary/aromatic N) is 1. The number of carbonyl (C=O) groups is 1. The number of hydrogen-bond donors (Lipinski definition) is 1.